The standard InChI is InChI=1S/C19H21NO3/c1-4-15-8-5-6-11-18(15)23-14(3)19(22)20-17-10-7-9-16(12-17)13(2)21/h5-12,14H,4H2,1-3H3,(H,20,22)/t14-/m0/s1. The summed E-state index contributed by atoms with van der Waals surface area (Å²) in [7, 11) is 0. The number of nitrogens with one attached hydrogen (secondary N) is 1. The number of para-hydroxylation sites is 1. The number of hydrogen-bond acceptors (Lipinski definition) is 3. The summed E-state index contributed by atoms with van der Waals surface area (Å²) in [4.78, 5) is 23.7. The molecule has 0 fully saturated rings. The van der Waals surface area contributed by atoms with E-state index in [9.17, 15) is 9.59 Å². The van der Waals surface area contributed by atoms with Crippen molar-refractivity contribution in [1.29, 1.82) is 0 Å². The van der Waals surface area contributed by atoms with E-state index >= 15 is 0 Å². The Hall–Kier alpha value is -2.62. The van der Waals surface area contributed by atoms with Gasteiger partial charge in [-0.15, -0.1) is 0 Å². The highest BCUT2D eigenvalue weighted by molar-refractivity contribution is 5.98. The summed E-state index contributed by atoms with van der Waals surface area (Å²) in [6.45, 7) is 5.24. The van der Waals surface area contributed by atoms with Crippen LogP contribution in [0.15, 0.2) is 48.5 Å². The average Bonchev–Trinajstić information content (AvgIpc) is 2.55. The third-order valence-corrected chi connectivity index (χ3v) is 3.56. The third-order valence-electron chi connectivity index (χ3n) is 3.56. The summed E-state index contributed by atoms with van der Waals surface area (Å²) in [5.74, 6) is 0.425. The van der Waals surface area contributed by atoms with Crippen molar-refractivity contribution in [2.75, 3.05) is 5.32 Å². The van der Waals surface area contributed by atoms with Crippen LogP contribution in [0, 0.1) is 0 Å². The molecule has 1 amide bonds. The molecule has 0 spiro atoms. The number of rotatable bonds is 6. The molecule has 23 heavy (non-hydrogen) atoms. The van der Waals surface area contributed by atoms with Crippen molar-refractivity contribution in [3.63, 3.8) is 0 Å². The van der Waals surface area contributed by atoms with Gasteiger partial charge in [0.1, 0.15) is 5.75 Å². The molecule has 0 bridgehead atoms. The molecule has 0 aliphatic heterocycles. The van der Waals surface area contributed by atoms with Crippen LogP contribution < -0.4 is 10.1 Å². The Balaban J connectivity index is 2.05. The fourth-order valence-electron chi connectivity index (χ4n) is 2.21. The largest absolute Gasteiger partial charge is 0.481 e. The normalized spacial score (nSPS) is 11.6. The van der Waals surface area contributed by atoms with E-state index in [4.69, 9.17) is 4.74 Å². The molecular weight excluding hydrogens is 290 g/mol. The van der Waals surface area contributed by atoms with Crippen LogP contribution in [0.1, 0.15) is 36.7 Å². The first kappa shape index (κ1) is 16.7. The van der Waals surface area contributed by atoms with E-state index in [1.807, 2.05) is 31.2 Å². The zero-order valence-electron chi connectivity index (χ0n) is 13.6. The quantitative estimate of drug-likeness (QED) is 0.824. The average molecular weight is 311 g/mol. The van der Waals surface area contributed by atoms with E-state index in [-0.39, 0.29) is 11.7 Å². The zero-order valence-corrected chi connectivity index (χ0v) is 13.6. The molecule has 0 aliphatic rings. The Morgan fingerprint density at radius 1 is 1.13 bits per heavy atom. The van der Waals surface area contributed by atoms with Gasteiger partial charge in [0.25, 0.3) is 5.91 Å². The molecule has 0 heterocycles. The Labute approximate surface area is 136 Å². The molecule has 0 unspecified atom stereocenters. The smallest absolute Gasteiger partial charge is 0.265 e. The summed E-state index contributed by atoms with van der Waals surface area (Å²) in [6, 6.07) is 14.5. The summed E-state index contributed by atoms with van der Waals surface area (Å²) in [5, 5.41) is 2.78. The predicted octanol–water partition coefficient (Wildman–Crippen LogP) is 3.86. The number of carbonyl (C=O) groups excluding carboxylic acids is 2. The molecule has 0 radical (unpaired) electrons. The molecule has 0 aliphatic carbocycles. The minimum atomic E-state index is -0.635. The number of aryl methyl sites for hydroxylation is 1. The van der Waals surface area contributed by atoms with Gasteiger partial charge in [0.2, 0.25) is 0 Å². The number of ether oxygens (including phenoxy) is 1. The monoisotopic (exact) mass is 311 g/mol. The van der Waals surface area contributed by atoms with Crippen molar-refractivity contribution in [3.05, 3.63) is 59.7 Å². The minimum absolute atomic E-state index is 0.0396. The lowest BCUT2D eigenvalue weighted by Gasteiger charge is -2.17. The van der Waals surface area contributed by atoms with Crippen LogP contribution >= 0.6 is 0 Å². The van der Waals surface area contributed by atoms with Crippen LogP contribution in [0.2, 0.25) is 0 Å². The zero-order chi connectivity index (χ0) is 16.8. The van der Waals surface area contributed by atoms with E-state index in [1.165, 1.54) is 6.92 Å². The Kier molecular flexibility index (Phi) is 5.52. The van der Waals surface area contributed by atoms with E-state index in [0.29, 0.717) is 11.3 Å². The Bertz CT molecular complexity index is 709. The highest BCUT2D eigenvalue weighted by Crippen LogP contribution is 2.20. The van der Waals surface area contributed by atoms with Gasteiger partial charge in [0, 0.05) is 11.3 Å². The first-order chi connectivity index (χ1) is 11.0. The summed E-state index contributed by atoms with van der Waals surface area (Å²) >= 11 is 0. The third kappa shape index (κ3) is 4.42. The number of amides is 1. The van der Waals surface area contributed by atoms with Crippen molar-refractivity contribution >= 4 is 17.4 Å². The van der Waals surface area contributed by atoms with Crippen LogP contribution in [-0.4, -0.2) is 17.8 Å². The molecule has 0 saturated heterocycles. The summed E-state index contributed by atoms with van der Waals surface area (Å²) in [6.07, 6.45) is 0.203. The van der Waals surface area contributed by atoms with Crippen LogP contribution in [0.25, 0.3) is 0 Å². The van der Waals surface area contributed by atoms with Gasteiger partial charge in [-0.1, -0.05) is 37.3 Å². The van der Waals surface area contributed by atoms with E-state index in [1.54, 1.807) is 31.2 Å². The molecule has 1 N–H and O–H groups in total. The second kappa shape index (κ2) is 7.58. The van der Waals surface area contributed by atoms with Gasteiger partial charge in [-0.25, -0.2) is 0 Å². The van der Waals surface area contributed by atoms with Crippen molar-refractivity contribution < 1.29 is 14.3 Å². The van der Waals surface area contributed by atoms with Gasteiger partial charge in [-0.05, 0) is 44.0 Å². The van der Waals surface area contributed by atoms with Crippen LogP contribution in [-0.2, 0) is 11.2 Å². The molecule has 120 valence electrons. The lowest BCUT2D eigenvalue weighted by Crippen LogP contribution is -2.30. The first-order valence-corrected chi connectivity index (χ1v) is 7.67. The molecular formula is C19H21NO3. The van der Waals surface area contributed by atoms with Crippen molar-refractivity contribution in [2.24, 2.45) is 0 Å². The van der Waals surface area contributed by atoms with Crippen molar-refractivity contribution in [2.45, 2.75) is 33.3 Å². The maximum absolute atomic E-state index is 12.3. The summed E-state index contributed by atoms with van der Waals surface area (Å²) < 4.78 is 5.77. The lowest BCUT2D eigenvalue weighted by molar-refractivity contribution is -0.122. The van der Waals surface area contributed by atoms with Crippen molar-refractivity contribution in [1.82, 2.24) is 0 Å². The maximum atomic E-state index is 12.3. The van der Waals surface area contributed by atoms with E-state index in [2.05, 4.69) is 5.32 Å². The Morgan fingerprint density at radius 2 is 1.87 bits per heavy atom. The highest BCUT2D eigenvalue weighted by Gasteiger charge is 2.16. The van der Waals surface area contributed by atoms with Gasteiger partial charge in [-0.3, -0.25) is 9.59 Å². The lowest BCUT2D eigenvalue weighted by atomic mass is 10.1. The molecule has 0 saturated carbocycles. The summed E-state index contributed by atoms with van der Waals surface area (Å²) in [5.41, 5.74) is 2.21. The van der Waals surface area contributed by atoms with Crippen molar-refractivity contribution in [3.8, 4) is 5.75 Å². The molecule has 0 aromatic heterocycles. The fourth-order valence-corrected chi connectivity index (χ4v) is 2.21. The van der Waals surface area contributed by atoms with Gasteiger partial charge in [0.15, 0.2) is 11.9 Å². The van der Waals surface area contributed by atoms with Crippen LogP contribution in [0.3, 0.4) is 0 Å². The first-order valence-electron chi connectivity index (χ1n) is 7.67. The number of benzene rings is 2. The molecule has 2 rings (SSSR count). The molecule has 2 aromatic carbocycles. The predicted molar refractivity (Wildman–Crippen MR) is 91.0 cm³/mol. The number of anilines is 1. The van der Waals surface area contributed by atoms with E-state index < -0.39 is 6.10 Å². The van der Waals surface area contributed by atoms with E-state index in [0.717, 1.165) is 17.7 Å². The second-order valence-electron chi connectivity index (χ2n) is 5.35. The van der Waals surface area contributed by atoms with Gasteiger partial charge in [0.05, 0.1) is 0 Å². The Morgan fingerprint density at radius 3 is 2.57 bits per heavy atom. The maximum Gasteiger partial charge on any atom is 0.265 e. The highest BCUT2D eigenvalue weighted by atomic mass is 16.5. The minimum Gasteiger partial charge on any atom is -0.481 e. The number of carbonyl (C=O) groups is 2. The SMILES string of the molecule is CCc1ccccc1O[C@@H](C)C(=O)Nc1cccc(C(C)=O)c1. The fraction of sp³-hybridized carbons (Fsp3) is 0.263. The molecule has 1 atom stereocenters. The van der Waals surface area contributed by atoms with Crippen LogP contribution in [0.5, 0.6) is 5.75 Å². The van der Waals surface area contributed by atoms with Gasteiger partial charge in [-0.2, -0.15) is 0 Å². The molecule has 4 nitrogen and oxygen atoms in total. The number of ketones is 1. The van der Waals surface area contributed by atoms with Gasteiger partial charge < -0.3 is 10.1 Å². The second-order valence-corrected chi connectivity index (χ2v) is 5.35. The molecule has 4 heteroatoms. The number of hydrogen-bond donors (Lipinski definition) is 1. The van der Waals surface area contributed by atoms with Crippen LogP contribution in [0.4, 0.5) is 5.69 Å². The topological polar surface area (TPSA) is 55.4 Å². The molecule has 2 aromatic rings. The number of Topliss-reactive ketones (excluding diaryl/α,β-unsaturated/α-hetero) is 1. The van der Waals surface area contributed by atoms with Gasteiger partial charge >= 0.3 is 0 Å².